The monoisotopic (exact) mass is 351 g/mol. The largest absolute Gasteiger partial charge is 0.309 e. The van der Waals surface area contributed by atoms with Gasteiger partial charge in [0.05, 0.1) is 22.9 Å². The maximum Gasteiger partial charge on any atom is 0.261 e. The van der Waals surface area contributed by atoms with Crippen LogP contribution in [0.15, 0.2) is 53.6 Å². The lowest BCUT2D eigenvalue weighted by molar-refractivity contribution is -0.119. The van der Waals surface area contributed by atoms with Crippen LogP contribution in [0.3, 0.4) is 0 Å². The van der Waals surface area contributed by atoms with Crippen LogP contribution in [-0.4, -0.2) is 22.0 Å². The molecular formula is C20H18FN3O2. The highest BCUT2D eigenvalue weighted by Gasteiger charge is 2.25. The normalized spacial score (nSPS) is 13.7. The summed E-state index contributed by atoms with van der Waals surface area (Å²) in [6.45, 7) is 0.716. The van der Waals surface area contributed by atoms with Crippen molar-refractivity contribution in [3.8, 4) is 0 Å². The van der Waals surface area contributed by atoms with Gasteiger partial charge < -0.3 is 4.90 Å². The molecule has 1 aromatic heterocycles. The number of amides is 1. The van der Waals surface area contributed by atoms with Crippen LogP contribution in [0.25, 0.3) is 10.9 Å². The Balaban J connectivity index is 1.56. The van der Waals surface area contributed by atoms with Crippen LogP contribution in [0.4, 0.5) is 10.1 Å². The van der Waals surface area contributed by atoms with E-state index in [-0.39, 0.29) is 30.2 Å². The van der Waals surface area contributed by atoms with Crippen molar-refractivity contribution in [1.82, 2.24) is 9.55 Å². The fraction of sp³-hybridized carbons (Fsp3) is 0.250. The summed E-state index contributed by atoms with van der Waals surface area (Å²) in [4.78, 5) is 31.0. The zero-order valence-electron chi connectivity index (χ0n) is 14.2. The van der Waals surface area contributed by atoms with Crippen molar-refractivity contribution in [2.45, 2.75) is 25.8 Å². The summed E-state index contributed by atoms with van der Waals surface area (Å²) in [5.41, 5.74) is 1.70. The molecule has 6 heteroatoms. The second-order valence-corrected chi connectivity index (χ2v) is 6.41. The summed E-state index contributed by atoms with van der Waals surface area (Å²) in [5.74, 6) is -0.559. The molecule has 1 amide bonds. The average molecular weight is 351 g/mol. The lowest BCUT2D eigenvalue weighted by atomic mass is 10.0. The zero-order chi connectivity index (χ0) is 18.1. The summed E-state index contributed by atoms with van der Waals surface area (Å²) in [6.07, 6.45) is 3.15. The molecule has 0 saturated heterocycles. The van der Waals surface area contributed by atoms with E-state index >= 15 is 0 Å². The van der Waals surface area contributed by atoms with Gasteiger partial charge in [-0.05, 0) is 36.6 Å². The summed E-state index contributed by atoms with van der Waals surface area (Å²) < 4.78 is 15.7. The number of fused-ring (bicyclic) bond motifs is 2. The predicted octanol–water partition coefficient (Wildman–Crippen LogP) is 2.91. The SMILES string of the molecule is O=C(CCn1cnc2ccccc2c1=O)N1CCCc2cccc(F)c21. The molecule has 0 aliphatic carbocycles. The molecule has 3 aromatic rings. The Bertz CT molecular complexity index is 1040. The van der Waals surface area contributed by atoms with Gasteiger partial charge in [0.15, 0.2) is 0 Å². The van der Waals surface area contributed by atoms with Crippen molar-refractivity contribution in [2.75, 3.05) is 11.4 Å². The van der Waals surface area contributed by atoms with Gasteiger partial charge in [-0.25, -0.2) is 9.37 Å². The molecule has 0 bridgehead atoms. The number of nitrogens with zero attached hydrogens (tertiary/aromatic N) is 3. The fourth-order valence-electron chi connectivity index (χ4n) is 3.47. The number of halogens is 1. The van der Waals surface area contributed by atoms with E-state index < -0.39 is 0 Å². The van der Waals surface area contributed by atoms with Gasteiger partial charge in [-0.1, -0.05) is 24.3 Å². The number of hydrogen-bond acceptors (Lipinski definition) is 3. The maximum atomic E-state index is 14.2. The van der Waals surface area contributed by atoms with E-state index in [1.165, 1.54) is 21.9 Å². The third-order valence-electron chi connectivity index (χ3n) is 4.77. The first-order valence-corrected chi connectivity index (χ1v) is 8.67. The van der Waals surface area contributed by atoms with Crippen LogP contribution in [0.2, 0.25) is 0 Å². The van der Waals surface area contributed by atoms with Crippen molar-refractivity contribution in [1.29, 1.82) is 0 Å². The van der Waals surface area contributed by atoms with Crippen molar-refractivity contribution in [3.63, 3.8) is 0 Å². The van der Waals surface area contributed by atoms with Crippen LogP contribution in [0.5, 0.6) is 0 Å². The van der Waals surface area contributed by atoms with E-state index in [4.69, 9.17) is 0 Å². The number of para-hydroxylation sites is 2. The van der Waals surface area contributed by atoms with Gasteiger partial charge in [-0.2, -0.15) is 0 Å². The average Bonchev–Trinajstić information content (AvgIpc) is 2.67. The van der Waals surface area contributed by atoms with Crippen LogP contribution >= 0.6 is 0 Å². The molecule has 5 nitrogen and oxygen atoms in total. The second kappa shape index (κ2) is 6.71. The van der Waals surface area contributed by atoms with Crippen molar-refractivity contribution < 1.29 is 9.18 Å². The standard InChI is InChI=1S/C20H18FN3O2/c21-16-8-3-5-14-6-4-11-24(19(14)16)18(25)10-12-23-13-22-17-9-2-1-7-15(17)20(23)26/h1-3,5,7-9,13H,4,6,10-12H2. The van der Waals surface area contributed by atoms with E-state index in [1.807, 2.05) is 12.1 Å². The molecule has 1 aliphatic rings. The molecule has 0 saturated carbocycles. The Hall–Kier alpha value is -3.02. The third kappa shape index (κ3) is 2.87. The Kier molecular flexibility index (Phi) is 4.24. The molecular weight excluding hydrogens is 333 g/mol. The number of benzene rings is 2. The third-order valence-corrected chi connectivity index (χ3v) is 4.77. The fourth-order valence-corrected chi connectivity index (χ4v) is 3.47. The van der Waals surface area contributed by atoms with Gasteiger partial charge in [0.2, 0.25) is 5.91 Å². The minimum Gasteiger partial charge on any atom is -0.309 e. The molecule has 0 unspecified atom stereocenters. The molecule has 26 heavy (non-hydrogen) atoms. The molecule has 132 valence electrons. The van der Waals surface area contributed by atoms with E-state index in [0.29, 0.717) is 23.1 Å². The van der Waals surface area contributed by atoms with Crippen molar-refractivity contribution in [3.05, 3.63) is 70.5 Å². The summed E-state index contributed by atoms with van der Waals surface area (Å²) >= 11 is 0. The predicted molar refractivity (Wildman–Crippen MR) is 97.7 cm³/mol. The number of rotatable bonds is 3. The first-order chi connectivity index (χ1) is 12.6. The van der Waals surface area contributed by atoms with Gasteiger partial charge in [0.25, 0.3) is 5.56 Å². The topological polar surface area (TPSA) is 55.2 Å². The van der Waals surface area contributed by atoms with Gasteiger partial charge in [0.1, 0.15) is 5.82 Å². The number of aromatic nitrogens is 2. The van der Waals surface area contributed by atoms with E-state index in [9.17, 15) is 14.0 Å². The number of hydrogen-bond donors (Lipinski definition) is 0. The van der Waals surface area contributed by atoms with Crippen LogP contribution in [0.1, 0.15) is 18.4 Å². The minimum atomic E-state index is -0.375. The highest BCUT2D eigenvalue weighted by atomic mass is 19.1. The highest BCUT2D eigenvalue weighted by molar-refractivity contribution is 5.94. The minimum absolute atomic E-state index is 0.119. The number of aryl methyl sites for hydroxylation is 2. The smallest absolute Gasteiger partial charge is 0.261 e. The first-order valence-electron chi connectivity index (χ1n) is 8.67. The Labute approximate surface area is 149 Å². The molecule has 0 atom stereocenters. The van der Waals surface area contributed by atoms with Crippen LogP contribution in [-0.2, 0) is 17.8 Å². The van der Waals surface area contributed by atoms with E-state index in [1.54, 1.807) is 24.3 Å². The molecule has 4 rings (SSSR count). The van der Waals surface area contributed by atoms with E-state index in [0.717, 1.165) is 18.4 Å². The first kappa shape index (κ1) is 16.4. The maximum absolute atomic E-state index is 14.2. The van der Waals surface area contributed by atoms with Gasteiger partial charge in [-0.3, -0.25) is 14.2 Å². The number of carbonyl (C=O) groups is 1. The lowest BCUT2D eigenvalue weighted by Gasteiger charge is -2.30. The van der Waals surface area contributed by atoms with Crippen LogP contribution in [0, 0.1) is 5.82 Å². The van der Waals surface area contributed by atoms with Crippen molar-refractivity contribution >= 4 is 22.5 Å². The molecule has 0 N–H and O–H groups in total. The lowest BCUT2D eigenvalue weighted by Crippen LogP contribution is -2.37. The summed E-state index contributed by atoms with van der Waals surface area (Å²) in [5, 5.41) is 0.525. The molecule has 0 fully saturated rings. The number of carbonyl (C=O) groups excluding carboxylic acids is 1. The van der Waals surface area contributed by atoms with Gasteiger partial charge in [0, 0.05) is 19.5 Å². The highest BCUT2D eigenvalue weighted by Crippen LogP contribution is 2.30. The Morgan fingerprint density at radius 2 is 2.00 bits per heavy atom. The summed E-state index contributed by atoms with van der Waals surface area (Å²) in [6, 6.07) is 12.0. The Morgan fingerprint density at radius 1 is 1.15 bits per heavy atom. The molecule has 0 spiro atoms. The van der Waals surface area contributed by atoms with Gasteiger partial charge in [-0.15, -0.1) is 0 Å². The van der Waals surface area contributed by atoms with E-state index in [2.05, 4.69) is 4.98 Å². The molecule has 0 radical (unpaired) electrons. The molecule has 1 aliphatic heterocycles. The zero-order valence-corrected chi connectivity index (χ0v) is 14.2. The summed E-state index contributed by atoms with van der Waals surface area (Å²) in [7, 11) is 0. The van der Waals surface area contributed by atoms with Gasteiger partial charge >= 0.3 is 0 Å². The molecule has 2 heterocycles. The second-order valence-electron chi connectivity index (χ2n) is 6.41. The van der Waals surface area contributed by atoms with Crippen molar-refractivity contribution in [2.24, 2.45) is 0 Å². The number of anilines is 1. The quantitative estimate of drug-likeness (QED) is 0.729. The Morgan fingerprint density at radius 3 is 2.88 bits per heavy atom. The van der Waals surface area contributed by atoms with Crippen LogP contribution < -0.4 is 10.5 Å². The molecule has 2 aromatic carbocycles.